The maximum absolute atomic E-state index is 12.0. The van der Waals surface area contributed by atoms with Crippen molar-refractivity contribution in [2.75, 3.05) is 18.9 Å². The highest BCUT2D eigenvalue weighted by atomic mass is 32.2. The van der Waals surface area contributed by atoms with Crippen molar-refractivity contribution >= 4 is 17.7 Å². The van der Waals surface area contributed by atoms with E-state index >= 15 is 0 Å². The molecule has 1 aromatic rings. The molecule has 0 amide bonds. The van der Waals surface area contributed by atoms with Crippen LogP contribution in [0.4, 0.5) is 0 Å². The normalized spacial score (nSPS) is 13.7. The first kappa shape index (κ1) is 17.9. The number of nitrogens with zero attached hydrogens (tertiary/aromatic N) is 2. The number of carbonyl (C=O) groups is 1. The number of hydrogen-bond donors (Lipinski definition) is 1. The molecule has 0 aliphatic rings. The smallest absolute Gasteiger partial charge is 0.326 e. The molecule has 1 N–H and O–H groups in total. The Balaban J connectivity index is 2.31. The second kappa shape index (κ2) is 9.73. The Labute approximate surface area is 131 Å². The monoisotopic (exact) mass is 311 g/mol. The maximum Gasteiger partial charge on any atom is 0.326 e. The summed E-state index contributed by atoms with van der Waals surface area (Å²) in [5.41, 5.74) is -0.585. The van der Waals surface area contributed by atoms with Crippen molar-refractivity contribution in [3.8, 4) is 0 Å². The Kier molecular flexibility index (Phi) is 8.30. The minimum Gasteiger partial charge on any atom is -0.465 e. The zero-order valence-corrected chi connectivity index (χ0v) is 13.9. The molecule has 1 aromatic heterocycles. The van der Waals surface area contributed by atoms with E-state index in [1.54, 1.807) is 24.2 Å². The lowest BCUT2D eigenvalue weighted by molar-refractivity contribution is -0.150. The summed E-state index contributed by atoms with van der Waals surface area (Å²) in [6, 6.07) is 1.81. The third-order valence-electron chi connectivity index (χ3n) is 3.14. The van der Waals surface area contributed by atoms with Crippen molar-refractivity contribution in [1.29, 1.82) is 0 Å². The van der Waals surface area contributed by atoms with Gasteiger partial charge in [-0.1, -0.05) is 25.1 Å². The number of ether oxygens (including phenoxy) is 1. The molecular formula is C15H25N3O2S. The van der Waals surface area contributed by atoms with Crippen LogP contribution < -0.4 is 5.32 Å². The van der Waals surface area contributed by atoms with E-state index in [0.717, 1.165) is 36.7 Å². The highest BCUT2D eigenvalue weighted by molar-refractivity contribution is 7.99. The lowest BCUT2D eigenvalue weighted by Gasteiger charge is -2.28. The average Bonchev–Trinajstić information content (AvgIpc) is 2.48. The zero-order chi connectivity index (χ0) is 15.6. The minimum absolute atomic E-state index is 0.161. The zero-order valence-electron chi connectivity index (χ0n) is 13.1. The molecule has 5 nitrogen and oxygen atoms in total. The van der Waals surface area contributed by atoms with Gasteiger partial charge in [-0.2, -0.15) is 0 Å². The molecule has 1 atom stereocenters. The summed E-state index contributed by atoms with van der Waals surface area (Å²) in [4.78, 5) is 20.4. The topological polar surface area (TPSA) is 64.1 Å². The fourth-order valence-corrected chi connectivity index (χ4v) is 2.85. The number of likely N-dealkylation sites (N-methyl/N-ethyl adjacent to an activating group) is 1. The maximum atomic E-state index is 12.0. The summed E-state index contributed by atoms with van der Waals surface area (Å²) < 4.78 is 5.16. The molecule has 0 bridgehead atoms. The Morgan fingerprint density at radius 2 is 2.05 bits per heavy atom. The molecule has 0 fully saturated rings. The predicted octanol–water partition coefficient (Wildman–Crippen LogP) is 2.67. The van der Waals surface area contributed by atoms with Crippen LogP contribution in [0.2, 0.25) is 0 Å². The van der Waals surface area contributed by atoms with Crippen LogP contribution in [-0.4, -0.2) is 40.4 Å². The van der Waals surface area contributed by atoms with Crippen LogP contribution >= 0.6 is 11.8 Å². The number of hydrogen-bond acceptors (Lipinski definition) is 6. The van der Waals surface area contributed by atoms with Crippen molar-refractivity contribution in [2.45, 2.75) is 50.7 Å². The van der Waals surface area contributed by atoms with Gasteiger partial charge in [0.05, 0.1) is 6.61 Å². The van der Waals surface area contributed by atoms with Crippen LogP contribution in [-0.2, 0) is 9.53 Å². The summed E-state index contributed by atoms with van der Waals surface area (Å²) in [5, 5.41) is 4.05. The van der Waals surface area contributed by atoms with Gasteiger partial charge in [0, 0.05) is 18.1 Å². The molecule has 0 radical (unpaired) electrons. The molecule has 0 aliphatic heterocycles. The van der Waals surface area contributed by atoms with Crippen molar-refractivity contribution in [3.05, 3.63) is 18.5 Å². The Morgan fingerprint density at radius 1 is 1.33 bits per heavy atom. The van der Waals surface area contributed by atoms with Crippen molar-refractivity contribution < 1.29 is 9.53 Å². The SMILES string of the molecule is CCNC(C)(CCCCSc1ncccn1)C(=O)OCC. The molecule has 1 unspecified atom stereocenters. The standard InChI is InChI=1S/C15H25N3O2S/c1-4-18-15(3,13(19)20-5-2)9-6-7-12-21-14-16-10-8-11-17-14/h8,10-11,18H,4-7,9,12H2,1-3H3. The number of esters is 1. The number of unbranched alkanes of at least 4 members (excludes halogenated alkanes) is 1. The highest BCUT2D eigenvalue weighted by Gasteiger charge is 2.32. The van der Waals surface area contributed by atoms with Crippen molar-refractivity contribution in [3.63, 3.8) is 0 Å². The summed E-state index contributed by atoms with van der Waals surface area (Å²) in [6.07, 6.45) is 6.25. The van der Waals surface area contributed by atoms with E-state index in [4.69, 9.17) is 4.74 Å². The van der Waals surface area contributed by atoms with Gasteiger partial charge in [0.25, 0.3) is 0 Å². The van der Waals surface area contributed by atoms with E-state index in [1.807, 2.05) is 26.8 Å². The van der Waals surface area contributed by atoms with Crippen molar-refractivity contribution in [1.82, 2.24) is 15.3 Å². The molecule has 1 heterocycles. The molecule has 1 rings (SSSR count). The second-order valence-electron chi connectivity index (χ2n) is 4.92. The van der Waals surface area contributed by atoms with Gasteiger partial charge in [-0.25, -0.2) is 9.97 Å². The second-order valence-corrected chi connectivity index (χ2v) is 5.98. The minimum atomic E-state index is -0.585. The van der Waals surface area contributed by atoms with E-state index in [2.05, 4.69) is 15.3 Å². The van der Waals surface area contributed by atoms with Crippen LogP contribution in [0.15, 0.2) is 23.6 Å². The van der Waals surface area contributed by atoms with Gasteiger partial charge in [0.1, 0.15) is 5.54 Å². The number of nitrogens with one attached hydrogen (secondary N) is 1. The van der Waals surface area contributed by atoms with E-state index < -0.39 is 5.54 Å². The highest BCUT2D eigenvalue weighted by Crippen LogP contribution is 2.19. The Bertz CT molecular complexity index is 417. The first-order chi connectivity index (χ1) is 10.1. The van der Waals surface area contributed by atoms with Crippen LogP contribution in [0.1, 0.15) is 40.0 Å². The molecule has 6 heteroatoms. The molecule has 0 saturated carbocycles. The molecule has 0 aromatic carbocycles. The van der Waals surface area contributed by atoms with E-state index in [0.29, 0.717) is 6.61 Å². The number of thioether (sulfide) groups is 1. The lowest BCUT2D eigenvalue weighted by Crippen LogP contribution is -2.50. The third-order valence-corrected chi connectivity index (χ3v) is 4.10. The predicted molar refractivity (Wildman–Crippen MR) is 85.3 cm³/mol. The fourth-order valence-electron chi connectivity index (χ4n) is 2.05. The van der Waals surface area contributed by atoms with Crippen LogP contribution in [0, 0.1) is 0 Å². The molecule has 0 spiro atoms. The van der Waals surface area contributed by atoms with Gasteiger partial charge in [0.2, 0.25) is 0 Å². The molecule has 21 heavy (non-hydrogen) atoms. The van der Waals surface area contributed by atoms with Crippen molar-refractivity contribution in [2.24, 2.45) is 0 Å². The Hall–Kier alpha value is -1.14. The Morgan fingerprint density at radius 3 is 2.67 bits per heavy atom. The van der Waals surface area contributed by atoms with E-state index in [9.17, 15) is 4.79 Å². The van der Waals surface area contributed by atoms with Gasteiger partial charge < -0.3 is 10.1 Å². The van der Waals surface area contributed by atoms with Gasteiger partial charge in [-0.05, 0) is 39.3 Å². The number of aromatic nitrogens is 2. The molecule has 118 valence electrons. The summed E-state index contributed by atoms with van der Waals surface area (Å²) in [5.74, 6) is 0.792. The summed E-state index contributed by atoms with van der Waals surface area (Å²) in [7, 11) is 0. The van der Waals surface area contributed by atoms with Gasteiger partial charge in [-0.3, -0.25) is 4.79 Å². The molecule has 0 aliphatic carbocycles. The molecular weight excluding hydrogens is 286 g/mol. The van der Waals surface area contributed by atoms with E-state index in [-0.39, 0.29) is 5.97 Å². The van der Waals surface area contributed by atoms with Gasteiger partial charge >= 0.3 is 5.97 Å². The quantitative estimate of drug-likeness (QED) is 0.310. The van der Waals surface area contributed by atoms with Crippen LogP contribution in [0.3, 0.4) is 0 Å². The molecule has 0 saturated heterocycles. The summed E-state index contributed by atoms with van der Waals surface area (Å²) >= 11 is 1.64. The van der Waals surface area contributed by atoms with Crippen LogP contribution in [0.5, 0.6) is 0 Å². The largest absolute Gasteiger partial charge is 0.465 e. The lowest BCUT2D eigenvalue weighted by atomic mass is 9.95. The number of carbonyl (C=O) groups excluding carboxylic acids is 1. The van der Waals surface area contributed by atoms with Gasteiger partial charge in [-0.15, -0.1) is 0 Å². The summed E-state index contributed by atoms with van der Waals surface area (Å²) in [6.45, 7) is 6.92. The number of rotatable bonds is 10. The third kappa shape index (κ3) is 6.44. The van der Waals surface area contributed by atoms with E-state index in [1.165, 1.54) is 0 Å². The van der Waals surface area contributed by atoms with Crippen LogP contribution in [0.25, 0.3) is 0 Å². The fraction of sp³-hybridized carbons (Fsp3) is 0.667. The van der Waals surface area contributed by atoms with Gasteiger partial charge in [0.15, 0.2) is 5.16 Å². The average molecular weight is 311 g/mol. The first-order valence-electron chi connectivity index (χ1n) is 7.44. The first-order valence-corrected chi connectivity index (χ1v) is 8.43.